The third kappa shape index (κ3) is 5.45. The van der Waals surface area contributed by atoms with Crippen LogP contribution < -0.4 is 10.6 Å². The van der Waals surface area contributed by atoms with Gasteiger partial charge in [-0.2, -0.15) is 4.98 Å². The summed E-state index contributed by atoms with van der Waals surface area (Å²) in [5, 5.41) is 10.9. The van der Waals surface area contributed by atoms with Crippen molar-refractivity contribution in [3.63, 3.8) is 0 Å². The molecule has 3 aromatic heterocycles. The molecule has 0 spiro atoms. The summed E-state index contributed by atoms with van der Waals surface area (Å²) < 4.78 is 32.1. The van der Waals surface area contributed by atoms with Gasteiger partial charge in [-0.25, -0.2) is 28.1 Å². The summed E-state index contributed by atoms with van der Waals surface area (Å²) in [6.07, 6.45) is 3.06. The van der Waals surface area contributed by atoms with E-state index in [0.29, 0.717) is 35.9 Å². The molecular weight excluding hydrogens is 598 g/mol. The average molecular weight is 627 g/mol. The molecule has 1 aromatic carbocycles. The van der Waals surface area contributed by atoms with Crippen LogP contribution in [0.4, 0.5) is 14.6 Å². The van der Waals surface area contributed by atoms with Crippen LogP contribution in [0.1, 0.15) is 32.4 Å². The lowest BCUT2D eigenvalue weighted by Crippen LogP contribution is -2.54. The molecule has 1 fully saturated rings. The number of hydrogen-bond donors (Lipinski definition) is 1. The van der Waals surface area contributed by atoms with Gasteiger partial charge >= 0.3 is 5.69 Å². The van der Waals surface area contributed by atoms with Crippen LogP contribution in [0.15, 0.2) is 52.7 Å². The number of rotatable bonds is 6. The number of piperazine rings is 1. The third-order valence-corrected chi connectivity index (χ3v) is 8.30. The van der Waals surface area contributed by atoms with Crippen molar-refractivity contribution < 1.29 is 18.7 Å². The third-order valence-electron chi connectivity index (χ3n) is 7.36. The lowest BCUT2D eigenvalue weighted by molar-refractivity contribution is -0.126. The van der Waals surface area contributed by atoms with E-state index in [0.717, 1.165) is 12.1 Å². The van der Waals surface area contributed by atoms with Crippen molar-refractivity contribution >= 4 is 46.1 Å². The number of phenolic OH excluding ortho intramolecular Hbond substituents is 1. The highest BCUT2D eigenvalue weighted by Crippen LogP contribution is 2.38. The SMILES string of the molecule is C=CC(=O)N1CCN(c2nc(=O)n(-c3c(SC)cc(Cl)nc3C(C)C)c3nc(-c4c(O)cccc4F)c(F)cc23)[C@@H](C)C1. The quantitative estimate of drug-likeness (QED) is 0.169. The molecule has 1 N–H and O–H groups in total. The first-order valence-electron chi connectivity index (χ1n) is 13.5. The van der Waals surface area contributed by atoms with E-state index in [1.807, 2.05) is 31.9 Å². The summed E-state index contributed by atoms with van der Waals surface area (Å²) in [6.45, 7) is 10.2. The van der Waals surface area contributed by atoms with Crippen molar-refractivity contribution in [1.29, 1.82) is 0 Å². The van der Waals surface area contributed by atoms with Crippen LogP contribution in [0.3, 0.4) is 0 Å². The Morgan fingerprint density at radius 1 is 1.19 bits per heavy atom. The summed E-state index contributed by atoms with van der Waals surface area (Å²) in [5.41, 5.74) is -0.774. The van der Waals surface area contributed by atoms with Gasteiger partial charge in [0, 0.05) is 30.6 Å². The largest absolute Gasteiger partial charge is 0.507 e. The standard InChI is InChI=1S/C30H29ClF2N6O3S/c1-6-23(41)37-10-11-38(16(4)14-37)28-17-12-19(33)26(24-18(32)8-7-9-20(24)40)35-29(17)39(30(42)36-28)27-21(43-5)13-22(31)34-25(27)15(2)3/h6-9,12-13,15-16,40H,1,10-11,14H2,2-5H3/t16-/m0/s1. The molecule has 0 saturated carbocycles. The molecule has 0 aliphatic carbocycles. The number of aromatic hydroxyl groups is 1. The van der Waals surface area contributed by atoms with Crippen LogP contribution in [0.5, 0.6) is 5.75 Å². The first-order valence-corrected chi connectivity index (χ1v) is 15.1. The highest BCUT2D eigenvalue weighted by Gasteiger charge is 2.31. The Kier molecular flexibility index (Phi) is 8.44. The molecule has 224 valence electrons. The lowest BCUT2D eigenvalue weighted by Gasteiger charge is -2.40. The van der Waals surface area contributed by atoms with Gasteiger partial charge in [0.15, 0.2) is 11.5 Å². The van der Waals surface area contributed by atoms with Crippen molar-refractivity contribution in [3.05, 3.63) is 76.0 Å². The molecular formula is C30H29ClF2N6O3S. The zero-order chi connectivity index (χ0) is 31.2. The van der Waals surface area contributed by atoms with E-state index in [1.54, 1.807) is 11.0 Å². The first kappa shape index (κ1) is 30.4. The normalized spacial score (nSPS) is 15.4. The fraction of sp³-hybridized carbons (Fsp3) is 0.300. The number of amides is 1. The maximum absolute atomic E-state index is 15.9. The van der Waals surface area contributed by atoms with Gasteiger partial charge in [-0.05, 0) is 49.4 Å². The predicted molar refractivity (Wildman–Crippen MR) is 164 cm³/mol. The monoisotopic (exact) mass is 626 g/mol. The number of pyridine rings is 2. The second-order valence-corrected chi connectivity index (χ2v) is 11.7. The number of aromatic nitrogens is 4. The van der Waals surface area contributed by atoms with Crippen molar-refractivity contribution in [2.75, 3.05) is 30.8 Å². The molecule has 0 unspecified atom stereocenters. The number of fused-ring (bicyclic) bond motifs is 1. The van der Waals surface area contributed by atoms with Gasteiger partial charge < -0.3 is 14.9 Å². The molecule has 1 amide bonds. The Balaban J connectivity index is 1.86. The Morgan fingerprint density at radius 3 is 2.56 bits per heavy atom. The second-order valence-electron chi connectivity index (χ2n) is 10.4. The van der Waals surface area contributed by atoms with Gasteiger partial charge in [0.25, 0.3) is 0 Å². The van der Waals surface area contributed by atoms with Crippen molar-refractivity contribution in [2.45, 2.75) is 37.6 Å². The molecule has 1 atom stereocenters. The number of phenols is 1. The number of hydrogen-bond acceptors (Lipinski definition) is 8. The summed E-state index contributed by atoms with van der Waals surface area (Å²) in [7, 11) is 0. The molecule has 4 heterocycles. The van der Waals surface area contributed by atoms with Gasteiger partial charge in [0.1, 0.15) is 28.2 Å². The maximum atomic E-state index is 15.9. The van der Waals surface area contributed by atoms with E-state index in [1.165, 1.54) is 34.5 Å². The molecule has 9 nitrogen and oxygen atoms in total. The van der Waals surface area contributed by atoms with Gasteiger partial charge in [-0.1, -0.05) is 38.1 Å². The Hall–Kier alpha value is -4.03. The van der Waals surface area contributed by atoms with Crippen molar-refractivity contribution in [3.8, 4) is 22.7 Å². The number of nitrogens with zero attached hydrogens (tertiary/aromatic N) is 6. The number of anilines is 1. The highest BCUT2D eigenvalue weighted by molar-refractivity contribution is 7.98. The van der Waals surface area contributed by atoms with Crippen LogP contribution in [0.2, 0.25) is 5.15 Å². The fourth-order valence-electron chi connectivity index (χ4n) is 5.34. The summed E-state index contributed by atoms with van der Waals surface area (Å²) >= 11 is 7.67. The van der Waals surface area contributed by atoms with Crippen LogP contribution in [-0.4, -0.2) is 67.4 Å². The van der Waals surface area contributed by atoms with Crippen molar-refractivity contribution in [2.24, 2.45) is 0 Å². The van der Waals surface area contributed by atoms with E-state index in [9.17, 15) is 19.1 Å². The highest BCUT2D eigenvalue weighted by atomic mass is 35.5. The molecule has 1 aliphatic heterocycles. The summed E-state index contributed by atoms with van der Waals surface area (Å²) in [4.78, 5) is 43.8. The molecule has 1 aliphatic rings. The summed E-state index contributed by atoms with van der Waals surface area (Å²) in [6, 6.07) is 6.07. The van der Waals surface area contributed by atoms with Crippen LogP contribution in [-0.2, 0) is 4.79 Å². The number of halogens is 3. The van der Waals surface area contributed by atoms with E-state index >= 15 is 4.39 Å². The average Bonchev–Trinajstić information content (AvgIpc) is 2.96. The van der Waals surface area contributed by atoms with E-state index in [-0.39, 0.29) is 39.9 Å². The van der Waals surface area contributed by atoms with Gasteiger partial charge in [0.05, 0.1) is 22.3 Å². The lowest BCUT2D eigenvalue weighted by atomic mass is 10.1. The molecule has 13 heteroatoms. The predicted octanol–water partition coefficient (Wildman–Crippen LogP) is 5.55. The minimum Gasteiger partial charge on any atom is -0.507 e. The fourth-order valence-corrected chi connectivity index (χ4v) is 6.22. The van der Waals surface area contributed by atoms with Crippen LogP contribution in [0.25, 0.3) is 28.0 Å². The molecule has 1 saturated heterocycles. The molecule has 43 heavy (non-hydrogen) atoms. The topological polar surface area (TPSA) is 104 Å². The molecule has 0 radical (unpaired) electrons. The Labute approximate surface area is 255 Å². The van der Waals surface area contributed by atoms with E-state index < -0.39 is 34.3 Å². The molecule has 4 aromatic rings. The summed E-state index contributed by atoms with van der Waals surface area (Å²) in [5.74, 6) is -2.55. The smallest absolute Gasteiger partial charge is 0.355 e. The van der Waals surface area contributed by atoms with Crippen LogP contribution >= 0.6 is 23.4 Å². The maximum Gasteiger partial charge on any atom is 0.355 e. The van der Waals surface area contributed by atoms with E-state index in [2.05, 4.69) is 21.5 Å². The molecule has 0 bridgehead atoms. The minimum atomic E-state index is -0.919. The zero-order valence-corrected chi connectivity index (χ0v) is 25.5. The molecule has 5 rings (SSSR count). The van der Waals surface area contributed by atoms with Gasteiger partial charge in [-0.15, -0.1) is 11.8 Å². The van der Waals surface area contributed by atoms with Gasteiger partial charge in [-0.3, -0.25) is 4.79 Å². The minimum absolute atomic E-state index is 0.00725. The zero-order valence-electron chi connectivity index (χ0n) is 23.9. The first-order chi connectivity index (χ1) is 20.5. The Bertz CT molecular complexity index is 1810. The van der Waals surface area contributed by atoms with E-state index in [4.69, 9.17) is 11.6 Å². The number of thioether (sulfide) groups is 1. The van der Waals surface area contributed by atoms with Gasteiger partial charge in [0.2, 0.25) is 5.91 Å². The number of carbonyl (C=O) groups excluding carboxylic acids is 1. The number of carbonyl (C=O) groups is 1. The number of benzene rings is 1. The van der Waals surface area contributed by atoms with Crippen LogP contribution in [0, 0.1) is 11.6 Å². The van der Waals surface area contributed by atoms with Crippen molar-refractivity contribution in [1.82, 2.24) is 24.4 Å². The second kappa shape index (κ2) is 11.9. The Morgan fingerprint density at radius 2 is 1.93 bits per heavy atom.